The van der Waals surface area contributed by atoms with Gasteiger partial charge in [0, 0.05) is 0 Å². The highest BCUT2D eigenvalue weighted by atomic mass is 32.2. The van der Waals surface area contributed by atoms with Crippen molar-refractivity contribution >= 4 is 17.7 Å². The molecule has 0 atom stereocenters. The Labute approximate surface area is 97.9 Å². The average Bonchev–Trinajstić information content (AvgIpc) is 2.68. The molecule has 2 aromatic rings. The Bertz CT molecular complexity index is 529. The van der Waals surface area contributed by atoms with E-state index >= 15 is 0 Å². The van der Waals surface area contributed by atoms with Crippen LogP contribution in [0.1, 0.15) is 0 Å². The third-order valence-corrected chi connectivity index (χ3v) is 2.43. The van der Waals surface area contributed by atoms with Crippen molar-refractivity contribution in [1.29, 1.82) is 0 Å². The molecular weight excluding hydrogens is 251 g/mol. The second kappa shape index (κ2) is 4.82. The highest BCUT2D eigenvalue weighted by Gasteiger charge is 2.12. The lowest BCUT2D eigenvalue weighted by molar-refractivity contribution is -0.138. The van der Waals surface area contributed by atoms with Gasteiger partial charge in [-0.1, -0.05) is 0 Å². The van der Waals surface area contributed by atoms with Gasteiger partial charge in [-0.25, -0.2) is 19.0 Å². The highest BCUT2D eigenvalue weighted by molar-refractivity contribution is 7.99. The van der Waals surface area contributed by atoms with E-state index in [2.05, 4.69) is 25.5 Å². The molecule has 17 heavy (non-hydrogen) atoms. The van der Waals surface area contributed by atoms with E-state index in [1.54, 1.807) is 0 Å². The normalized spacial score (nSPS) is 10.4. The molecule has 0 unspecified atom stereocenters. The van der Waals surface area contributed by atoms with Crippen molar-refractivity contribution in [2.45, 2.75) is 16.9 Å². The Kier molecular flexibility index (Phi) is 3.23. The maximum atomic E-state index is 12.6. The maximum absolute atomic E-state index is 12.6. The molecule has 0 aliphatic rings. The van der Waals surface area contributed by atoms with Gasteiger partial charge in [0.1, 0.15) is 6.54 Å². The van der Waals surface area contributed by atoms with Crippen LogP contribution in [-0.2, 0) is 11.3 Å². The number of carboxylic acids is 1. The minimum absolute atomic E-state index is 0.221. The molecule has 0 amide bonds. The molecule has 88 valence electrons. The fraction of sp³-hybridized carbons (Fsp3) is 0.143. The number of tetrazole rings is 1. The van der Waals surface area contributed by atoms with Gasteiger partial charge in [-0.15, -0.1) is 5.10 Å². The number of nitrogens with zero attached hydrogens (tertiary/aromatic N) is 6. The van der Waals surface area contributed by atoms with Gasteiger partial charge in [-0.05, 0) is 22.2 Å². The molecule has 0 spiro atoms. The summed E-state index contributed by atoms with van der Waals surface area (Å²) >= 11 is 0.946. The first-order chi connectivity index (χ1) is 8.15. The SMILES string of the molecule is O=C(O)Cn1nnnc1Sc1ncc(F)cn1. The van der Waals surface area contributed by atoms with E-state index in [0.717, 1.165) is 28.8 Å². The standard InChI is InChI=1S/C7H5FN6O2S/c8-4-1-9-6(10-2-4)17-7-11-12-13-14(7)3-5(15)16/h1-2H,3H2,(H,15,16). The molecule has 0 bridgehead atoms. The van der Waals surface area contributed by atoms with Crippen LogP contribution in [0.5, 0.6) is 0 Å². The van der Waals surface area contributed by atoms with Gasteiger partial charge >= 0.3 is 5.97 Å². The first-order valence-electron chi connectivity index (χ1n) is 4.28. The van der Waals surface area contributed by atoms with Gasteiger partial charge in [0.25, 0.3) is 0 Å². The van der Waals surface area contributed by atoms with Crippen molar-refractivity contribution in [2.24, 2.45) is 0 Å². The van der Waals surface area contributed by atoms with E-state index in [-0.39, 0.29) is 16.9 Å². The second-order valence-electron chi connectivity index (χ2n) is 2.80. The Hall–Kier alpha value is -2.10. The summed E-state index contributed by atoms with van der Waals surface area (Å²) in [4.78, 5) is 17.9. The molecular formula is C7H5FN6O2S. The molecule has 2 heterocycles. The molecule has 0 aliphatic heterocycles. The van der Waals surface area contributed by atoms with E-state index in [1.165, 1.54) is 0 Å². The molecule has 0 radical (unpaired) electrons. The molecule has 2 aromatic heterocycles. The molecule has 1 N–H and O–H groups in total. The lowest BCUT2D eigenvalue weighted by atomic mass is 10.7. The summed E-state index contributed by atoms with van der Waals surface area (Å²) in [5.41, 5.74) is 0. The van der Waals surface area contributed by atoms with Crippen molar-refractivity contribution in [3.63, 3.8) is 0 Å². The minimum atomic E-state index is -1.07. The number of carbonyl (C=O) groups is 1. The van der Waals surface area contributed by atoms with Crippen molar-refractivity contribution in [3.05, 3.63) is 18.2 Å². The van der Waals surface area contributed by atoms with Crippen molar-refractivity contribution in [1.82, 2.24) is 30.2 Å². The van der Waals surface area contributed by atoms with Crippen LogP contribution in [0.25, 0.3) is 0 Å². The fourth-order valence-corrected chi connectivity index (χ4v) is 1.59. The molecule has 2 rings (SSSR count). The minimum Gasteiger partial charge on any atom is -0.480 e. The summed E-state index contributed by atoms with van der Waals surface area (Å²) in [6, 6.07) is 0. The van der Waals surface area contributed by atoms with Crippen molar-refractivity contribution < 1.29 is 14.3 Å². The zero-order chi connectivity index (χ0) is 12.3. The van der Waals surface area contributed by atoms with E-state index < -0.39 is 11.8 Å². The third-order valence-electron chi connectivity index (χ3n) is 1.56. The van der Waals surface area contributed by atoms with E-state index in [1.807, 2.05) is 0 Å². The first-order valence-corrected chi connectivity index (χ1v) is 5.10. The second-order valence-corrected chi connectivity index (χ2v) is 3.73. The quantitative estimate of drug-likeness (QED) is 0.752. The van der Waals surface area contributed by atoms with E-state index in [9.17, 15) is 9.18 Å². The number of hydrogen-bond donors (Lipinski definition) is 1. The number of aromatic nitrogens is 6. The summed E-state index contributed by atoms with van der Waals surface area (Å²) in [5.74, 6) is -1.63. The maximum Gasteiger partial charge on any atom is 0.325 e. The summed E-state index contributed by atoms with van der Waals surface area (Å²) < 4.78 is 13.6. The summed E-state index contributed by atoms with van der Waals surface area (Å²) in [7, 11) is 0. The monoisotopic (exact) mass is 256 g/mol. The van der Waals surface area contributed by atoms with Crippen molar-refractivity contribution in [3.8, 4) is 0 Å². The number of carboxylic acid groups (broad SMARTS) is 1. The summed E-state index contributed by atoms with van der Waals surface area (Å²) in [5, 5.41) is 19.5. The Morgan fingerprint density at radius 3 is 2.82 bits per heavy atom. The average molecular weight is 256 g/mol. The lowest BCUT2D eigenvalue weighted by Crippen LogP contribution is -2.11. The van der Waals surface area contributed by atoms with Crippen molar-refractivity contribution in [2.75, 3.05) is 0 Å². The van der Waals surface area contributed by atoms with Crippen LogP contribution in [0, 0.1) is 5.82 Å². The van der Waals surface area contributed by atoms with Gasteiger partial charge in [-0.2, -0.15) is 0 Å². The Balaban J connectivity index is 2.15. The highest BCUT2D eigenvalue weighted by Crippen LogP contribution is 2.20. The van der Waals surface area contributed by atoms with E-state index in [4.69, 9.17) is 5.11 Å². The number of halogens is 1. The zero-order valence-electron chi connectivity index (χ0n) is 8.19. The fourth-order valence-electron chi connectivity index (χ4n) is 0.932. The Morgan fingerprint density at radius 1 is 1.47 bits per heavy atom. The van der Waals surface area contributed by atoms with Gasteiger partial charge in [-0.3, -0.25) is 4.79 Å². The van der Waals surface area contributed by atoms with Gasteiger partial charge < -0.3 is 5.11 Å². The topological polar surface area (TPSA) is 107 Å². The first kappa shape index (κ1) is 11.4. The molecule has 8 nitrogen and oxygen atoms in total. The smallest absolute Gasteiger partial charge is 0.325 e. The number of rotatable bonds is 4. The molecule has 0 fully saturated rings. The van der Waals surface area contributed by atoms with Crippen LogP contribution in [0.4, 0.5) is 4.39 Å². The molecule has 10 heteroatoms. The zero-order valence-corrected chi connectivity index (χ0v) is 9.00. The van der Waals surface area contributed by atoms with Crippen LogP contribution >= 0.6 is 11.8 Å². The lowest BCUT2D eigenvalue weighted by Gasteiger charge is -1.99. The van der Waals surface area contributed by atoms with Crippen LogP contribution in [-0.4, -0.2) is 41.3 Å². The largest absolute Gasteiger partial charge is 0.480 e. The number of hydrogen-bond acceptors (Lipinski definition) is 7. The Morgan fingerprint density at radius 2 is 2.18 bits per heavy atom. The van der Waals surface area contributed by atoms with Gasteiger partial charge in [0.05, 0.1) is 12.4 Å². The molecule has 0 saturated carbocycles. The van der Waals surface area contributed by atoms with Gasteiger partial charge in [0.15, 0.2) is 11.0 Å². The van der Waals surface area contributed by atoms with Crippen LogP contribution in [0.3, 0.4) is 0 Å². The van der Waals surface area contributed by atoms with Crippen LogP contribution in [0.15, 0.2) is 22.7 Å². The predicted octanol–water partition coefficient (Wildman–Crippen LogP) is -0.162. The molecule has 0 aliphatic carbocycles. The van der Waals surface area contributed by atoms with E-state index in [0.29, 0.717) is 0 Å². The summed E-state index contributed by atoms with van der Waals surface area (Å²) in [6.07, 6.45) is 2.00. The van der Waals surface area contributed by atoms with Gasteiger partial charge in [0.2, 0.25) is 5.16 Å². The van der Waals surface area contributed by atoms with Crippen LogP contribution in [0.2, 0.25) is 0 Å². The third kappa shape index (κ3) is 2.93. The summed E-state index contributed by atoms with van der Waals surface area (Å²) in [6.45, 7) is -0.365. The molecule has 0 aromatic carbocycles. The van der Waals surface area contributed by atoms with Crippen LogP contribution < -0.4 is 0 Å². The number of aliphatic carboxylic acids is 1. The predicted molar refractivity (Wildman–Crippen MR) is 51.6 cm³/mol. The molecule has 0 saturated heterocycles.